The van der Waals surface area contributed by atoms with Gasteiger partial charge in [-0.05, 0) is 40.0 Å². The standard InChI is InChI=1S/C15H23N5S/c1-4-17-15(20-13-7-5-6-12(13)8-16)18-9-14-19-10(2)11(3)21-14/h12-13H,4-7,9H2,1-3H3,(H2,17,18,20). The van der Waals surface area contributed by atoms with Crippen LogP contribution in [0.5, 0.6) is 0 Å². The molecule has 5 nitrogen and oxygen atoms in total. The van der Waals surface area contributed by atoms with E-state index < -0.39 is 0 Å². The normalized spacial score (nSPS) is 22.1. The van der Waals surface area contributed by atoms with E-state index in [2.05, 4.69) is 33.6 Å². The minimum Gasteiger partial charge on any atom is -0.357 e. The van der Waals surface area contributed by atoms with Gasteiger partial charge in [0.25, 0.3) is 0 Å². The Bertz CT molecular complexity index is 523. The summed E-state index contributed by atoms with van der Waals surface area (Å²) < 4.78 is 0. The van der Waals surface area contributed by atoms with Gasteiger partial charge in [0.15, 0.2) is 5.96 Å². The van der Waals surface area contributed by atoms with E-state index in [1.54, 1.807) is 11.3 Å². The van der Waals surface area contributed by atoms with Gasteiger partial charge in [-0.15, -0.1) is 11.3 Å². The van der Waals surface area contributed by atoms with Crippen LogP contribution in [-0.2, 0) is 6.54 Å². The molecule has 1 aromatic heterocycles. The first-order chi connectivity index (χ1) is 10.1. The molecule has 1 saturated carbocycles. The van der Waals surface area contributed by atoms with Crippen molar-refractivity contribution < 1.29 is 0 Å². The van der Waals surface area contributed by atoms with Crippen LogP contribution >= 0.6 is 11.3 Å². The van der Waals surface area contributed by atoms with E-state index >= 15 is 0 Å². The lowest BCUT2D eigenvalue weighted by atomic mass is 10.1. The molecular formula is C15H23N5S. The number of aliphatic imine (C=N–C) groups is 1. The Balaban J connectivity index is 2.00. The molecule has 0 aromatic carbocycles. The Labute approximate surface area is 130 Å². The fourth-order valence-electron chi connectivity index (χ4n) is 2.54. The third-order valence-corrected chi connectivity index (χ3v) is 4.85. The second kappa shape index (κ2) is 7.41. The summed E-state index contributed by atoms with van der Waals surface area (Å²) in [5.41, 5.74) is 1.09. The van der Waals surface area contributed by atoms with Crippen LogP contribution in [0.3, 0.4) is 0 Å². The van der Waals surface area contributed by atoms with Crippen molar-refractivity contribution in [3.8, 4) is 6.07 Å². The fraction of sp³-hybridized carbons (Fsp3) is 0.667. The molecule has 1 aliphatic rings. The molecule has 114 valence electrons. The van der Waals surface area contributed by atoms with Crippen LogP contribution in [0.4, 0.5) is 0 Å². The van der Waals surface area contributed by atoms with Gasteiger partial charge in [-0.25, -0.2) is 9.98 Å². The van der Waals surface area contributed by atoms with Crippen molar-refractivity contribution in [2.45, 2.75) is 52.6 Å². The fourth-order valence-corrected chi connectivity index (χ4v) is 3.39. The molecule has 1 heterocycles. The molecule has 0 bridgehead atoms. The Morgan fingerprint density at radius 1 is 1.48 bits per heavy atom. The van der Waals surface area contributed by atoms with Gasteiger partial charge >= 0.3 is 0 Å². The highest BCUT2D eigenvalue weighted by atomic mass is 32.1. The van der Waals surface area contributed by atoms with Crippen LogP contribution in [-0.4, -0.2) is 23.5 Å². The highest BCUT2D eigenvalue weighted by Gasteiger charge is 2.27. The number of aryl methyl sites for hydroxylation is 2. The number of nitriles is 1. The van der Waals surface area contributed by atoms with E-state index in [1.165, 1.54) is 4.88 Å². The molecule has 2 rings (SSSR count). The van der Waals surface area contributed by atoms with Crippen LogP contribution in [0.15, 0.2) is 4.99 Å². The van der Waals surface area contributed by atoms with Crippen LogP contribution in [0.1, 0.15) is 41.8 Å². The third kappa shape index (κ3) is 4.18. The third-order valence-electron chi connectivity index (χ3n) is 3.79. The summed E-state index contributed by atoms with van der Waals surface area (Å²) in [4.78, 5) is 10.4. The molecule has 0 spiro atoms. The van der Waals surface area contributed by atoms with Gasteiger partial charge < -0.3 is 10.6 Å². The molecule has 0 aliphatic heterocycles. The number of guanidine groups is 1. The Kier molecular flexibility index (Phi) is 5.57. The largest absolute Gasteiger partial charge is 0.357 e. The zero-order valence-electron chi connectivity index (χ0n) is 12.9. The Morgan fingerprint density at radius 3 is 2.90 bits per heavy atom. The van der Waals surface area contributed by atoms with Crippen molar-refractivity contribution in [1.82, 2.24) is 15.6 Å². The van der Waals surface area contributed by atoms with Gasteiger partial charge in [-0.1, -0.05) is 0 Å². The first-order valence-electron chi connectivity index (χ1n) is 7.51. The van der Waals surface area contributed by atoms with E-state index in [4.69, 9.17) is 5.26 Å². The van der Waals surface area contributed by atoms with Crippen LogP contribution in [0, 0.1) is 31.1 Å². The van der Waals surface area contributed by atoms with E-state index in [0.717, 1.165) is 42.5 Å². The summed E-state index contributed by atoms with van der Waals surface area (Å²) in [6.45, 7) is 7.55. The average Bonchev–Trinajstić information content (AvgIpc) is 3.03. The van der Waals surface area contributed by atoms with Crippen molar-refractivity contribution in [3.05, 3.63) is 15.6 Å². The Hall–Kier alpha value is -1.61. The summed E-state index contributed by atoms with van der Waals surface area (Å²) in [6.07, 6.45) is 3.14. The van der Waals surface area contributed by atoms with Crippen molar-refractivity contribution >= 4 is 17.3 Å². The number of hydrogen-bond acceptors (Lipinski definition) is 4. The number of nitrogens with one attached hydrogen (secondary N) is 2. The molecule has 2 N–H and O–H groups in total. The van der Waals surface area contributed by atoms with Crippen molar-refractivity contribution in [3.63, 3.8) is 0 Å². The highest BCUT2D eigenvalue weighted by Crippen LogP contribution is 2.24. The molecule has 0 radical (unpaired) electrons. The molecule has 1 aromatic rings. The number of aromatic nitrogens is 1. The van der Waals surface area contributed by atoms with Gasteiger partial charge in [0.05, 0.1) is 24.2 Å². The van der Waals surface area contributed by atoms with Gasteiger partial charge in [0, 0.05) is 17.5 Å². The maximum absolute atomic E-state index is 9.16. The number of rotatable bonds is 4. The van der Waals surface area contributed by atoms with E-state index in [0.29, 0.717) is 6.54 Å². The minimum atomic E-state index is 0.0956. The van der Waals surface area contributed by atoms with Crippen LogP contribution < -0.4 is 10.6 Å². The maximum atomic E-state index is 9.16. The molecular weight excluding hydrogens is 282 g/mol. The van der Waals surface area contributed by atoms with Gasteiger partial charge in [-0.3, -0.25) is 0 Å². The molecule has 2 atom stereocenters. The average molecular weight is 305 g/mol. The maximum Gasteiger partial charge on any atom is 0.191 e. The number of hydrogen-bond donors (Lipinski definition) is 2. The molecule has 2 unspecified atom stereocenters. The second-order valence-electron chi connectivity index (χ2n) is 5.36. The van der Waals surface area contributed by atoms with Gasteiger partial charge in [0.1, 0.15) is 5.01 Å². The first kappa shape index (κ1) is 15.8. The topological polar surface area (TPSA) is 73.1 Å². The van der Waals surface area contributed by atoms with Gasteiger partial charge in [0.2, 0.25) is 0 Å². The summed E-state index contributed by atoms with van der Waals surface area (Å²) in [5, 5.41) is 16.8. The van der Waals surface area contributed by atoms with E-state index in [1.807, 2.05) is 13.8 Å². The van der Waals surface area contributed by atoms with Gasteiger partial charge in [-0.2, -0.15) is 5.26 Å². The van der Waals surface area contributed by atoms with Crippen molar-refractivity contribution in [2.24, 2.45) is 10.9 Å². The molecule has 0 amide bonds. The van der Waals surface area contributed by atoms with Crippen LogP contribution in [0.2, 0.25) is 0 Å². The lowest BCUT2D eigenvalue weighted by Crippen LogP contribution is -2.44. The lowest BCUT2D eigenvalue weighted by molar-refractivity contribution is 0.532. The molecule has 21 heavy (non-hydrogen) atoms. The monoisotopic (exact) mass is 305 g/mol. The predicted molar refractivity (Wildman–Crippen MR) is 86.3 cm³/mol. The quantitative estimate of drug-likeness (QED) is 0.662. The molecule has 1 aliphatic carbocycles. The van der Waals surface area contributed by atoms with E-state index in [9.17, 15) is 0 Å². The number of nitrogens with zero attached hydrogens (tertiary/aromatic N) is 3. The Morgan fingerprint density at radius 2 is 2.29 bits per heavy atom. The zero-order valence-corrected chi connectivity index (χ0v) is 13.8. The highest BCUT2D eigenvalue weighted by molar-refractivity contribution is 7.11. The first-order valence-corrected chi connectivity index (χ1v) is 8.33. The van der Waals surface area contributed by atoms with Crippen molar-refractivity contribution in [1.29, 1.82) is 5.26 Å². The predicted octanol–water partition coefficient (Wildman–Crippen LogP) is 2.51. The molecule has 0 saturated heterocycles. The van der Waals surface area contributed by atoms with Crippen LogP contribution in [0.25, 0.3) is 0 Å². The summed E-state index contributed by atoms with van der Waals surface area (Å²) in [7, 11) is 0. The second-order valence-corrected chi connectivity index (χ2v) is 6.65. The smallest absolute Gasteiger partial charge is 0.191 e. The summed E-state index contributed by atoms with van der Waals surface area (Å²) in [6, 6.07) is 2.61. The summed E-state index contributed by atoms with van der Waals surface area (Å²) >= 11 is 1.70. The molecule has 1 fully saturated rings. The summed E-state index contributed by atoms with van der Waals surface area (Å²) in [5.74, 6) is 0.883. The van der Waals surface area contributed by atoms with E-state index in [-0.39, 0.29) is 12.0 Å². The SMILES string of the molecule is CCNC(=NCc1nc(C)c(C)s1)NC1CCCC1C#N. The van der Waals surface area contributed by atoms with Crippen molar-refractivity contribution in [2.75, 3.05) is 6.54 Å². The molecule has 6 heteroatoms. The zero-order chi connectivity index (χ0) is 15.2. The lowest BCUT2D eigenvalue weighted by Gasteiger charge is -2.19. The minimum absolute atomic E-state index is 0.0956. The number of thiazole rings is 1.